The number of fused-ring (bicyclic) bond motifs is 10. The lowest BCUT2D eigenvalue weighted by atomic mass is 10.1. The lowest BCUT2D eigenvalue weighted by Crippen LogP contribution is -2.01. The highest BCUT2D eigenvalue weighted by molar-refractivity contribution is 7.26. The molecule has 0 amide bonds. The van der Waals surface area contributed by atoms with Crippen LogP contribution in [0.15, 0.2) is 116 Å². The Kier molecular flexibility index (Phi) is 4.14. The Hall–Kier alpha value is -5.07. The molecule has 0 fully saturated rings. The maximum Gasteiger partial charge on any atom is 0.237 e. The summed E-state index contributed by atoms with van der Waals surface area (Å²) in [5.41, 5.74) is 5.72. The first-order valence-corrected chi connectivity index (χ1v) is 13.7. The average molecular weight is 518 g/mol. The van der Waals surface area contributed by atoms with E-state index >= 15 is 0 Å². The van der Waals surface area contributed by atoms with Crippen LogP contribution >= 0.6 is 11.3 Å². The number of para-hydroxylation sites is 2. The minimum Gasteiger partial charge on any atom is -0.307 e. The molecule has 6 heteroatoms. The van der Waals surface area contributed by atoms with Crippen molar-refractivity contribution in [2.45, 2.75) is 0 Å². The van der Waals surface area contributed by atoms with Crippen molar-refractivity contribution in [3.63, 3.8) is 0 Å². The number of thiophene rings is 1. The van der Waals surface area contributed by atoms with Crippen LogP contribution in [0.25, 0.3) is 75.4 Å². The Morgan fingerprint density at radius 1 is 0.513 bits per heavy atom. The van der Waals surface area contributed by atoms with Crippen molar-refractivity contribution in [3.8, 4) is 11.6 Å². The molecule has 0 spiro atoms. The van der Waals surface area contributed by atoms with Gasteiger partial charge in [0, 0.05) is 37.0 Å². The number of hydrogen-bond donors (Lipinski definition) is 0. The first-order chi connectivity index (χ1) is 19.4. The molecule has 0 aliphatic carbocycles. The van der Waals surface area contributed by atoms with E-state index in [9.17, 15) is 0 Å². The molecule has 9 aromatic rings. The lowest BCUT2D eigenvalue weighted by Gasteiger charge is -2.11. The normalized spacial score (nSPS) is 12.1. The number of nitrogens with zero attached hydrogens (tertiary/aromatic N) is 5. The summed E-state index contributed by atoms with van der Waals surface area (Å²) in [7, 11) is 0. The van der Waals surface area contributed by atoms with Crippen molar-refractivity contribution >= 4 is 75.1 Å². The van der Waals surface area contributed by atoms with Gasteiger partial charge in [-0.1, -0.05) is 72.8 Å². The average Bonchev–Trinajstić information content (AvgIpc) is 3.65. The minimum absolute atomic E-state index is 0.613. The van der Waals surface area contributed by atoms with Gasteiger partial charge in [-0.05, 0) is 30.3 Å². The zero-order valence-electron chi connectivity index (χ0n) is 20.6. The maximum absolute atomic E-state index is 4.51. The Bertz CT molecular complexity index is 2400. The van der Waals surface area contributed by atoms with Crippen LogP contribution in [-0.4, -0.2) is 24.1 Å². The summed E-state index contributed by atoms with van der Waals surface area (Å²) in [5, 5.41) is 7.47. The summed E-state index contributed by atoms with van der Waals surface area (Å²) in [4.78, 5) is 13.1. The van der Waals surface area contributed by atoms with Crippen molar-refractivity contribution in [1.29, 1.82) is 0 Å². The van der Waals surface area contributed by atoms with Crippen LogP contribution in [0, 0.1) is 0 Å². The van der Waals surface area contributed by atoms with Crippen LogP contribution in [0.1, 0.15) is 0 Å². The minimum atomic E-state index is 0.613. The maximum atomic E-state index is 4.51. The summed E-state index contributed by atoms with van der Waals surface area (Å²) < 4.78 is 7.22. The third-order valence-electron chi connectivity index (χ3n) is 7.78. The Morgan fingerprint density at radius 2 is 1.18 bits per heavy atom. The van der Waals surface area contributed by atoms with E-state index in [0.29, 0.717) is 5.95 Å². The molecule has 182 valence electrons. The van der Waals surface area contributed by atoms with Crippen LogP contribution in [0.4, 0.5) is 0 Å². The molecule has 0 N–H and O–H groups in total. The molecular weight excluding hydrogens is 498 g/mol. The third-order valence-corrected chi connectivity index (χ3v) is 8.97. The van der Waals surface area contributed by atoms with Gasteiger partial charge in [0.2, 0.25) is 5.95 Å². The van der Waals surface area contributed by atoms with Gasteiger partial charge >= 0.3 is 0 Å². The quantitative estimate of drug-likeness (QED) is 0.231. The van der Waals surface area contributed by atoms with E-state index in [1.165, 1.54) is 47.4 Å². The summed E-state index contributed by atoms with van der Waals surface area (Å²) >= 11 is 1.87. The molecule has 0 aliphatic rings. The molecule has 5 aromatic carbocycles. The highest BCUT2D eigenvalue weighted by Gasteiger charge is 2.22. The van der Waals surface area contributed by atoms with E-state index in [4.69, 9.17) is 0 Å². The van der Waals surface area contributed by atoms with Crippen molar-refractivity contribution < 1.29 is 0 Å². The molecule has 9 rings (SSSR count). The molecular formula is C33H19N5S. The summed E-state index contributed by atoms with van der Waals surface area (Å²) in [6.07, 6.45) is 3.11. The zero-order chi connectivity index (χ0) is 25.5. The van der Waals surface area contributed by atoms with E-state index in [1.807, 2.05) is 11.3 Å². The predicted octanol–water partition coefficient (Wildman–Crippen LogP) is 8.43. The predicted molar refractivity (Wildman–Crippen MR) is 161 cm³/mol. The molecule has 0 unspecified atom stereocenters. The van der Waals surface area contributed by atoms with Crippen LogP contribution in [0.3, 0.4) is 0 Å². The van der Waals surface area contributed by atoms with Gasteiger partial charge in [-0.2, -0.15) is 0 Å². The first-order valence-electron chi connectivity index (χ1n) is 12.9. The topological polar surface area (TPSA) is 48.5 Å². The SMILES string of the molecule is c1ccc2c(c1)sc1c2ccc2c3ccccc3n(-c3cccc4c3c3ccccc3n4-c3ncncn3)c21. The summed E-state index contributed by atoms with van der Waals surface area (Å²) in [6.45, 7) is 0. The highest BCUT2D eigenvalue weighted by Crippen LogP contribution is 2.44. The Labute approximate surface area is 226 Å². The molecule has 0 atom stereocenters. The smallest absolute Gasteiger partial charge is 0.237 e. The van der Waals surface area contributed by atoms with Crippen LogP contribution < -0.4 is 0 Å². The van der Waals surface area contributed by atoms with E-state index in [2.05, 4.69) is 127 Å². The van der Waals surface area contributed by atoms with Gasteiger partial charge in [0.1, 0.15) is 12.7 Å². The zero-order valence-corrected chi connectivity index (χ0v) is 21.4. The molecule has 0 aliphatic heterocycles. The second-order valence-electron chi connectivity index (χ2n) is 9.75. The first kappa shape index (κ1) is 20.9. The standard InChI is InChI=1S/C33H19N5S/c1-4-11-25-20(8-1)22-16-17-23-21-9-3-6-15-29(21)39-32(23)31(22)37(25)27-13-7-14-28-30(27)24-10-2-5-12-26(24)38(28)33-35-18-34-19-36-33/h1-19H. The number of hydrogen-bond acceptors (Lipinski definition) is 4. The van der Waals surface area contributed by atoms with Gasteiger partial charge in [0.15, 0.2) is 0 Å². The Balaban J connectivity index is 1.52. The van der Waals surface area contributed by atoms with Gasteiger partial charge in [-0.25, -0.2) is 15.0 Å². The molecule has 0 radical (unpaired) electrons. The number of aromatic nitrogens is 5. The van der Waals surface area contributed by atoms with E-state index in [-0.39, 0.29) is 0 Å². The fourth-order valence-corrected chi connectivity index (χ4v) is 7.47. The molecule has 0 saturated heterocycles. The van der Waals surface area contributed by atoms with Gasteiger partial charge in [-0.15, -0.1) is 11.3 Å². The van der Waals surface area contributed by atoms with Crippen molar-refractivity contribution in [2.24, 2.45) is 0 Å². The third kappa shape index (κ3) is 2.76. The number of rotatable bonds is 2. The van der Waals surface area contributed by atoms with E-state index < -0.39 is 0 Å². The van der Waals surface area contributed by atoms with Crippen LogP contribution in [-0.2, 0) is 0 Å². The van der Waals surface area contributed by atoms with E-state index in [1.54, 1.807) is 12.7 Å². The monoisotopic (exact) mass is 517 g/mol. The van der Waals surface area contributed by atoms with Gasteiger partial charge in [0.05, 0.1) is 32.5 Å². The summed E-state index contributed by atoms with van der Waals surface area (Å²) in [6, 6.07) is 37.1. The van der Waals surface area contributed by atoms with Gasteiger partial charge in [-0.3, -0.25) is 4.57 Å². The molecule has 4 aromatic heterocycles. The van der Waals surface area contributed by atoms with Crippen molar-refractivity contribution in [3.05, 3.63) is 116 Å². The second kappa shape index (κ2) is 7.72. The van der Waals surface area contributed by atoms with Crippen molar-refractivity contribution in [2.75, 3.05) is 0 Å². The summed E-state index contributed by atoms with van der Waals surface area (Å²) in [5.74, 6) is 0.613. The fourth-order valence-electron chi connectivity index (χ4n) is 6.23. The van der Waals surface area contributed by atoms with Gasteiger partial charge in [0.25, 0.3) is 0 Å². The van der Waals surface area contributed by atoms with E-state index in [0.717, 1.165) is 22.1 Å². The number of benzene rings is 5. The molecule has 0 bridgehead atoms. The largest absolute Gasteiger partial charge is 0.307 e. The fraction of sp³-hybridized carbons (Fsp3) is 0. The molecule has 4 heterocycles. The van der Waals surface area contributed by atoms with Crippen LogP contribution in [0.5, 0.6) is 0 Å². The van der Waals surface area contributed by atoms with Crippen molar-refractivity contribution in [1.82, 2.24) is 24.1 Å². The van der Waals surface area contributed by atoms with Gasteiger partial charge < -0.3 is 4.57 Å². The van der Waals surface area contributed by atoms with Crippen LogP contribution in [0.2, 0.25) is 0 Å². The highest BCUT2D eigenvalue weighted by atomic mass is 32.1. The molecule has 5 nitrogen and oxygen atoms in total. The lowest BCUT2D eigenvalue weighted by molar-refractivity contribution is 0.939. The molecule has 0 saturated carbocycles. The Morgan fingerprint density at radius 3 is 2.03 bits per heavy atom. The molecule has 39 heavy (non-hydrogen) atoms. The second-order valence-corrected chi connectivity index (χ2v) is 10.8.